The number of carbonyl (C=O) groups is 1. The zero-order valence-corrected chi connectivity index (χ0v) is 16.6. The fourth-order valence-electron chi connectivity index (χ4n) is 3.58. The molecule has 33 heavy (non-hydrogen) atoms. The molecule has 14 heteroatoms. The van der Waals surface area contributed by atoms with Gasteiger partial charge in [-0.3, -0.25) is 0 Å². The van der Waals surface area contributed by atoms with Gasteiger partial charge in [-0.05, 0) is 18.9 Å². The lowest BCUT2D eigenvalue weighted by atomic mass is 10.00. The molecule has 4 aromatic rings. The number of alkyl halides is 3. The molecule has 4 heterocycles. The van der Waals surface area contributed by atoms with Crippen LogP contribution in [0.3, 0.4) is 0 Å². The summed E-state index contributed by atoms with van der Waals surface area (Å²) in [5, 5.41) is 26.1. The Hall–Kier alpha value is -4.54. The summed E-state index contributed by atoms with van der Waals surface area (Å²) in [6.45, 7) is 0. The zero-order valence-electron chi connectivity index (χ0n) is 16.6. The van der Waals surface area contributed by atoms with Crippen molar-refractivity contribution >= 4 is 23.1 Å². The van der Waals surface area contributed by atoms with Crippen LogP contribution in [0.5, 0.6) is 0 Å². The predicted octanol–water partition coefficient (Wildman–Crippen LogP) is 2.81. The summed E-state index contributed by atoms with van der Waals surface area (Å²) >= 11 is 0. The summed E-state index contributed by atoms with van der Waals surface area (Å²) in [5.74, 6) is 0.157. The first kappa shape index (κ1) is 20.4. The first-order valence-corrected chi connectivity index (χ1v) is 9.57. The number of carbonyl (C=O) groups excluding carboxylic acids is 1. The molecule has 166 valence electrons. The van der Waals surface area contributed by atoms with Crippen LogP contribution >= 0.6 is 0 Å². The van der Waals surface area contributed by atoms with Crippen molar-refractivity contribution in [2.75, 3.05) is 10.6 Å². The van der Waals surface area contributed by atoms with Gasteiger partial charge in [0, 0.05) is 6.07 Å². The van der Waals surface area contributed by atoms with Crippen LogP contribution in [0.2, 0.25) is 0 Å². The van der Waals surface area contributed by atoms with Gasteiger partial charge in [0.05, 0.1) is 48.1 Å². The second-order valence-electron chi connectivity index (χ2n) is 7.31. The van der Waals surface area contributed by atoms with E-state index in [1.165, 1.54) is 43.1 Å². The zero-order chi connectivity index (χ0) is 23.2. The van der Waals surface area contributed by atoms with Gasteiger partial charge in [-0.2, -0.15) is 33.7 Å². The fraction of sp³-hybridized carbons (Fsp3) is 0.211. The lowest BCUT2D eigenvalue weighted by Gasteiger charge is -2.23. The van der Waals surface area contributed by atoms with Gasteiger partial charge in [-0.25, -0.2) is 19.3 Å². The average molecular weight is 454 g/mol. The Morgan fingerprint density at radius 2 is 1.85 bits per heavy atom. The summed E-state index contributed by atoms with van der Waals surface area (Å²) < 4.78 is 42.7. The fourth-order valence-corrected chi connectivity index (χ4v) is 3.58. The standard InChI is InChI=1S/C19H13F3N10O/c20-19(21,22)18(2-3-18)15-13(10-24-14-1-4-26-31(14)15)30-17(33)29-12-7-11(8-23)16(25-9-12)32-27-5-6-28-32/h1,4-7,9-10H,2-3H2,(H2,29,30,33). The van der Waals surface area contributed by atoms with Crippen molar-refractivity contribution in [2.24, 2.45) is 0 Å². The van der Waals surface area contributed by atoms with E-state index in [1.54, 1.807) is 0 Å². The number of amides is 2. The molecule has 0 aromatic carbocycles. The van der Waals surface area contributed by atoms with E-state index in [0.717, 1.165) is 9.31 Å². The Morgan fingerprint density at radius 3 is 2.52 bits per heavy atom. The largest absolute Gasteiger partial charge is 0.400 e. The van der Waals surface area contributed by atoms with Crippen LogP contribution in [-0.2, 0) is 5.41 Å². The Balaban J connectivity index is 1.44. The van der Waals surface area contributed by atoms with Crippen molar-refractivity contribution in [1.29, 1.82) is 5.26 Å². The highest BCUT2D eigenvalue weighted by molar-refractivity contribution is 6.00. The molecule has 0 atom stereocenters. The summed E-state index contributed by atoms with van der Waals surface area (Å²) in [6.07, 6.45) is 1.84. The molecule has 0 saturated heterocycles. The third-order valence-corrected chi connectivity index (χ3v) is 5.26. The first-order chi connectivity index (χ1) is 15.8. The van der Waals surface area contributed by atoms with Crippen molar-refractivity contribution < 1.29 is 18.0 Å². The summed E-state index contributed by atoms with van der Waals surface area (Å²) in [7, 11) is 0. The highest BCUT2D eigenvalue weighted by Gasteiger charge is 2.66. The van der Waals surface area contributed by atoms with Gasteiger partial charge in [0.1, 0.15) is 17.0 Å². The molecule has 1 aliphatic carbocycles. The van der Waals surface area contributed by atoms with Gasteiger partial charge in [0.25, 0.3) is 0 Å². The SMILES string of the molecule is N#Cc1cc(NC(=O)Nc2cnc3ccnn3c2C2(C(F)(F)F)CC2)cnc1-n1nccn1. The number of fused-ring (bicyclic) bond motifs is 1. The number of anilines is 2. The topological polar surface area (TPSA) is 139 Å². The van der Waals surface area contributed by atoms with Gasteiger partial charge in [-0.1, -0.05) is 0 Å². The Morgan fingerprint density at radius 1 is 1.09 bits per heavy atom. The third kappa shape index (κ3) is 3.39. The van der Waals surface area contributed by atoms with E-state index in [9.17, 15) is 23.2 Å². The molecule has 0 bridgehead atoms. The van der Waals surface area contributed by atoms with E-state index in [1.807, 2.05) is 6.07 Å². The van der Waals surface area contributed by atoms with Crippen LogP contribution in [0, 0.1) is 11.3 Å². The van der Waals surface area contributed by atoms with Gasteiger partial charge in [0.2, 0.25) is 0 Å². The van der Waals surface area contributed by atoms with E-state index in [-0.39, 0.29) is 46.9 Å². The smallest absolute Gasteiger partial charge is 0.306 e. The summed E-state index contributed by atoms with van der Waals surface area (Å²) in [4.78, 5) is 21.9. The number of rotatable bonds is 4. The number of hydrogen-bond acceptors (Lipinski definition) is 7. The molecular formula is C19H13F3N10O. The Kier molecular flexibility index (Phi) is 4.48. The van der Waals surface area contributed by atoms with E-state index in [4.69, 9.17) is 0 Å². The number of urea groups is 1. The molecule has 1 saturated carbocycles. The van der Waals surface area contributed by atoms with Crippen LogP contribution in [0.4, 0.5) is 29.3 Å². The number of nitrogens with one attached hydrogen (secondary N) is 2. The molecule has 0 radical (unpaired) electrons. The van der Waals surface area contributed by atoms with E-state index >= 15 is 0 Å². The van der Waals surface area contributed by atoms with Gasteiger partial charge < -0.3 is 10.6 Å². The molecule has 1 aliphatic rings. The van der Waals surface area contributed by atoms with Crippen LogP contribution in [0.25, 0.3) is 11.5 Å². The first-order valence-electron chi connectivity index (χ1n) is 9.57. The molecule has 11 nitrogen and oxygen atoms in total. The number of pyridine rings is 1. The number of hydrogen-bond donors (Lipinski definition) is 2. The van der Waals surface area contributed by atoms with E-state index in [0.29, 0.717) is 0 Å². The minimum absolute atomic E-state index is 0.0818. The second-order valence-corrected chi connectivity index (χ2v) is 7.31. The maximum atomic E-state index is 13.9. The van der Waals surface area contributed by atoms with Crippen LogP contribution < -0.4 is 10.6 Å². The third-order valence-electron chi connectivity index (χ3n) is 5.26. The lowest BCUT2D eigenvalue weighted by Crippen LogP contribution is -2.33. The number of halogens is 3. The van der Waals surface area contributed by atoms with Gasteiger partial charge in [-0.15, -0.1) is 4.80 Å². The van der Waals surface area contributed by atoms with Crippen molar-refractivity contribution in [3.63, 3.8) is 0 Å². The van der Waals surface area contributed by atoms with Crippen molar-refractivity contribution in [1.82, 2.24) is 34.6 Å². The number of nitrogens with zero attached hydrogens (tertiary/aromatic N) is 8. The molecule has 1 fully saturated rings. The number of aromatic nitrogens is 7. The van der Waals surface area contributed by atoms with E-state index in [2.05, 4.69) is 35.9 Å². The van der Waals surface area contributed by atoms with Crippen LogP contribution in [0.15, 0.2) is 43.1 Å². The summed E-state index contributed by atoms with van der Waals surface area (Å²) in [5.41, 5.74) is -1.96. The number of nitriles is 1. The van der Waals surface area contributed by atoms with Crippen molar-refractivity contribution in [2.45, 2.75) is 24.4 Å². The molecule has 2 N–H and O–H groups in total. The molecule has 0 aliphatic heterocycles. The Bertz CT molecular complexity index is 1400. The van der Waals surface area contributed by atoms with Crippen molar-refractivity contribution in [3.05, 3.63) is 54.4 Å². The van der Waals surface area contributed by atoms with Gasteiger partial charge >= 0.3 is 12.2 Å². The lowest BCUT2D eigenvalue weighted by molar-refractivity contribution is -0.161. The molecule has 4 aromatic heterocycles. The quantitative estimate of drug-likeness (QED) is 0.483. The molecular weight excluding hydrogens is 441 g/mol. The molecule has 5 rings (SSSR count). The normalized spacial score (nSPS) is 14.6. The highest BCUT2D eigenvalue weighted by atomic mass is 19.4. The predicted molar refractivity (Wildman–Crippen MR) is 106 cm³/mol. The molecule has 0 spiro atoms. The maximum absolute atomic E-state index is 13.9. The van der Waals surface area contributed by atoms with Crippen LogP contribution in [0.1, 0.15) is 24.1 Å². The Labute approximate surface area is 182 Å². The van der Waals surface area contributed by atoms with Crippen LogP contribution in [-0.4, -0.2) is 46.8 Å². The minimum Gasteiger partial charge on any atom is -0.306 e. The maximum Gasteiger partial charge on any atom is 0.400 e. The van der Waals surface area contributed by atoms with E-state index < -0.39 is 17.6 Å². The minimum atomic E-state index is -4.53. The monoisotopic (exact) mass is 454 g/mol. The average Bonchev–Trinajstić information content (AvgIpc) is 3.19. The molecule has 2 amide bonds. The second kappa shape index (κ2) is 7.26. The summed E-state index contributed by atoms with van der Waals surface area (Å²) in [6, 6.07) is 3.93. The molecule has 0 unspecified atom stereocenters. The van der Waals surface area contributed by atoms with Crippen molar-refractivity contribution in [3.8, 4) is 11.9 Å². The highest BCUT2D eigenvalue weighted by Crippen LogP contribution is 2.60. The van der Waals surface area contributed by atoms with Gasteiger partial charge in [0.15, 0.2) is 11.5 Å².